The number of carbonyl (C=O) groups excluding carboxylic acids is 13. The molecule has 4 aliphatic heterocycles. The minimum atomic E-state index is -3.92. The number of nitrogens with zero attached hydrogens (tertiary/aromatic N) is 4. The number of hydrogen-bond acceptors (Lipinski definition) is 28. The number of epoxide rings is 2. The lowest BCUT2D eigenvalue weighted by molar-refractivity contribution is -0.940. The van der Waals surface area contributed by atoms with Crippen LogP contribution in [0.3, 0.4) is 0 Å². The average molecular weight is 2080 g/mol. The fraction of sp³-hybridized carbons (Fsp3) is 0.536. The summed E-state index contributed by atoms with van der Waals surface area (Å²) in [6.07, 6.45) is 7.11. The maximum absolute atomic E-state index is 14.7. The molecule has 4 aliphatic rings. The SMILES string of the molecule is CCC(=O)Oc1ccc(C[N+]2(CC(=O)C[C@@H](CCc3ccccc3)C(=O)N[C@@H](CC(C)C)C(=O)C[C@@H](Cc3ccccc3)C(=O)N[C@@H](CC(C)C)C(=O)[C@@]3(C)CO3)CCOCC2)cc1C=O.CCC(=O)Oc1ccc(C[N+]2(CC(=O)C[C@@H](CCc3ccccc3)C(=O)N[C@@H](CC(C)C)C(=O)C[C@@H](Cc3ccccc3)C(=O)N[C@@H](CC(C)C)C(=O)[C@@]3(C)CO3)CCOCC2)cc1OCc1cn[nH]n1.CS(=O)(=O)[O-].CS(=O)(=O)[O-]. The molecule has 147 heavy (non-hydrogen) atoms. The van der Waals surface area contributed by atoms with Gasteiger partial charge in [-0.25, -0.2) is 16.8 Å². The van der Waals surface area contributed by atoms with Crippen LogP contribution in [0, 0.1) is 47.3 Å². The second kappa shape index (κ2) is 58.3. The van der Waals surface area contributed by atoms with Crippen LogP contribution < -0.4 is 35.5 Å². The number of esters is 2. The molecule has 4 fully saturated rings. The summed E-state index contributed by atoms with van der Waals surface area (Å²) in [5.74, 6) is -5.76. The zero-order valence-corrected chi connectivity index (χ0v) is 88.9. The fourth-order valence-corrected chi connectivity index (χ4v) is 18.0. The van der Waals surface area contributed by atoms with Crippen molar-refractivity contribution in [3.63, 3.8) is 0 Å². The number of benzene rings is 6. The molecule has 0 bridgehead atoms. The number of aldehydes is 1. The van der Waals surface area contributed by atoms with Crippen LogP contribution in [0.25, 0.3) is 0 Å². The van der Waals surface area contributed by atoms with E-state index in [4.69, 9.17) is 59.1 Å². The maximum atomic E-state index is 14.7. The van der Waals surface area contributed by atoms with Gasteiger partial charge >= 0.3 is 11.9 Å². The zero-order valence-electron chi connectivity index (χ0n) is 87.2. The number of morpholine rings is 2. The van der Waals surface area contributed by atoms with Crippen LogP contribution in [0.2, 0.25) is 0 Å². The molecule has 0 saturated carbocycles. The molecule has 0 aliphatic carbocycles. The van der Waals surface area contributed by atoms with E-state index in [0.29, 0.717) is 169 Å². The van der Waals surface area contributed by atoms with Crippen LogP contribution in [0.1, 0.15) is 210 Å². The van der Waals surface area contributed by atoms with Crippen LogP contribution in [0.5, 0.6) is 17.2 Å². The fourth-order valence-electron chi connectivity index (χ4n) is 18.0. The van der Waals surface area contributed by atoms with Gasteiger partial charge in [0.05, 0.1) is 95.8 Å². The molecule has 0 spiro atoms. The van der Waals surface area contributed by atoms with E-state index in [1.807, 2.05) is 189 Å². The molecule has 10 atom stereocenters. The Morgan fingerprint density at radius 1 is 0.449 bits per heavy atom. The number of amides is 4. The highest BCUT2D eigenvalue weighted by Gasteiger charge is 2.52. The summed E-state index contributed by atoms with van der Waals surface area (Å²) in [5.41, 5.74) is 4.33. The van der Waals surface area contributed by atoms with Gasteiger partial charge in [0.25, 0.3) is 0 Å². The van der Waals surface area contributed by atoms with Gasteiger partial charge in [-0.3, -0.25) is 62.3 Å². The molecule has 4 amide bonds. The van der Waals surface area contributed by atoms with Crippen molar-refractivity contribution < 1.29 is 130 Å². The van der Waals surface area contributed by atoms with E-state index in [0.717, 1.165) is 33.4 Å². The van der Waals surface area contributed by atoms with E-state index in [1.54, 1.807) is 58.2 Å². The summed E-state index contributed by atoms with van der Waals surface area (Å²) in [4.78, 5) is 179. The number of quaternary nitrogens is 2. The molecular formula is C110H149N9O26S2. The number of hydrogen-bond donors (Lipinski definition) is 5. The predicted molar refractivity (Wildman–Crippen MR) is 547 cm³/mol. The van der Waals surface area contributed by atoms with Crippen LogP contribution >= 0.6 is 0 Å². The number of nitrogens with one attached hydrogen (secondary N) is 5. The third-order valence-corrected chi connectivity index (χ3v) is 25.9. The number of aromatic nitrogens is 3. The van der Waals surface area contributed by atoms with Gasteiger partial charge in [0.15, 0.2) is 52.5 Å². The first-order chi connectivity index (χ1) is 69.5. The quantitative estimate of drug-likeness (QED) is 0.00590. The highest BCUT2D eigenvalue weighted by atomic mass is 32.2. The Balaban J connectivity index is 0.000000329. The summed E-state index contributed by atoms with van der Waals surface area (Å²) >= 11 is 0. The van der Waals surface area contributed by atoms with Crippen molar-refractivity contribution >= 4 is 96.8 Å². The molecule has 5 heterocycles. The van der Waals surface area contributed by atoms with E-state index < -0.39 is 115 Å². The van der Waals surface area contributed by atoms with Gasteiger partial charge in [-0.15, -0.1) is 0 Å². The molecule has 37 heteroatoms. The predicted octanol–water partition coefficient (Wildman–Crippen LogP) is 11.4. The molecule has 1 aromatic heterocycles. The Bertz CT molecular complexity index is 5670. The van der Waals surface area contributed by atoms with E-state index in [-0.39, 0.29) is 146 Å². The molecule has 0 radical (unpaired) electrons. The molecular weight excluding hydrogens is 1930 g/mol. The van der Waals surface area contributed by atoms with Crippen LogP contribution in [-0.2, 0) is 142 Å². The molecule has 802 valence electrons. The summed E-state index contributed by atoms with van der Waals surface area (Å²) < 4.78 is 94.7. The Morgan fingerprint density at radius 3 is 1.12 bits per heavy atom. The second-order valence-electron chi connectivity index (χ2n) is 41.1. The third-order valence-electron chi connectivity index (χ3n) is 25.9. The average Bonchev–Trinajstić information content (AvgIpc) is 1.75. The standard InChI is InChI=1S/C55H72N6O10.C53H69N3O10.2CH4O3S/c1-7-51(64)71-49-21-19-41(29-50(49)69-35-44-32-56-60-59-44)33-61(22-24-68-25-23-61)34-45(62)30-42(20-18-39-14-10-8-11-15-39)53(66)57-46(26-37(2)3)48(63)31-43(28-40-16-12-9-13-17-40)54(67)58-47(27-38(4)5)52(65)55(6)36-70-55;1-7-49(60)66-48-21-19-40(29-43(48)34-57)32-56(22-24-64-25-23-56)33-44(58)30-41(20-18-38-14-10-8-11-15-38)51(62)54-45(26-36(2)3)47(59)31-42(28-39-16-12-9-13-17-39)52(63)55-46(27-37(4)5)50(61)53(6)35-65-53;2*1-5(2,3)4/h8-17,19,21,29,32,37-38,42-43,46-47H,7,18,20,22-28,30-31,33-36H2,1-6H3,(H2-,56,57,58,59,60,66,67);8-17,19,21,29,34,36-37,41-42,45-46H,7,18,20,22-28,30-33,35H2,1-6H3,(H-,54,55,62,63);2*1H3,(H,2,3,4)/t42-,43-,46+,47+,55-;41-,42-,45+,46+,53-;;/m11../s1. The van der Waals surface area contributed by atoms with Crippen molar-refractivity contribution in [2.24, 2.45) is 47.3 Å². The van der Waals surface area contributed by atoms with Gasteiger partial charge in [-0.2, -0.15) is 15.4 Å². The van der Waals surface area contributed by atoms with Gasteiger partial charge in [-0.05, 0) is 160 Å². The maximum Gasteiger partial charge on any atom is 0.311 e. The first-order valence-electron chi connectivity index (χ1n) is 50.6. The largest absolute Gasteiger partial charge is 0.748 e. The van der Waals surface area contributed by atoms with E-state index in [1.165, 1.54) is 0 Å². The molecule has 5 N–H and O–H groups in total. The summed E-state index contributed by atoms with van der Waals surface area (Å²) in [5, 5.41) is 22.6. The Hall–Kier alpha value is -11.6. The molecule has 7 aromatic rings. The van der Waals surface area contributed by atoms with Crippen LogP contribution in [0.15, 0.2) is 164 Å². The number of Topliss-reactive ketones (excluding diaryl/α,β-unsaturated/α-hetero) is 6. The Morgan fingerprint density at radius 2 is 0.782 bits per heavy atom. The van der Waals surface area contributed by atoms with E-state index in [9.17, 15) is 62.3 Å². The van der Waals surface area contributed by atoms with Crippen molar-refractivity contribution in [3.8, 4) is 17.2 Å². The smallest absolute Gasteiger partial charge is 0.311 e. The third kappa shape index (κ3) is 43.6. The van der Waals surface area contributed by atoms with Gasteiger partial charge in [0, 0.05) is 85.8 Å². The lowest BCUT2D eigenvalue weighted by Gasteiger charge is -2.41. The second-order valence-corrected chi connectivity index (χ2v) is 43.9. The van der Waals surface area contributed by atoms with Gasteiger partial charge in [0.2, 0.25) is 23.6 Å². The van der Waals surface area contributed by atoms with Crippen molar-refractivity contribution in [1.29, 1.82) is 0 Å². The van der Waals surface area contributed by atoms with Crippen molar-refractivity contribution in [2.75, 3.05) is 91.4 Å². The van der Waals surface area contributed by atoms with Crippen molar-refractivity contribution in [2.45, 2.75) is 241 Å². The number of ketones is 6. The number of ether oxygens (including phenoxy) is 7. The van der Waals surface area contributed by atoms with E-state index in [2.05, 4.69) is 36.7 Å². The lowest BCUT2D eigenvalue weighted by atomic mass is 9.87. The van der Waals surface area contributed by atoms with Crippen molar-refractivity contribution in [1.82, 2.24) is 36.7 Å². The number of aromatic amines is 1. The molecule has 6 aromatic carbocycles. The van der Waals surface area contributed by atoms with Crippen LogP contribution in [-0.4, -0.2) is 254 Å². The highest BCUT2D eigenvalue weighted by molar-refractivity contribution is 7.85. The van der Waals surface area contributed by atoms with Crippen molar-refractivity contribution in [3.05, 3.63) is 209 Å². The first-order valence-corrected chi connectivity index (χ1v) is 54.3. The zero-order chi connectivity index (χ0) is 108. The molecule has 4 saturated heterocycles. The Kier molecular flexibility index (Phi) is 47.9. The summed E-state index contributed by atoms with van der Waals surface area (Å²) in [7, 11) is -7.83. The number of aryl methyl sites for hydroxylation is 2. The first kappa shape index (κ1) is 121. The molecule has 11 rings (SSSR count). The van der Waals surface area contributed by atoms with Gasteiger partial charge < -0.3 is 72.5 Å². The molecule has 35 nitrogen and oxygen atoms in total. The number of rotatable bonds is 56. The molecule has 0 unspecified atom stereocenters. The van der Waals surface area contributed by atoms with Crippen LogP contribution in [0.4, 0.5) is 0 Å². The lowest BCUT2D eigenvalue weighted by Crippen LogP contribution is -2.57. The Labute approximate surface area is 864 Å². The number of H-pyrrole nitrogens is 1. The topological polar surface area (TPSA) is 497 Å². The van der Waals surface area contributed by atoms with Gasteiger partial charge in [-0.1, -0.05) is 191 Å². The summed E-state index contributed by atoms with van der Waals surface area (Å²) in [6, 6.07) is 45.5. The van der Waals surface area contributed by atoms with Gasteiger partial charge in [0.1, 0.15) is 81.6 Å². The minimum Gasteiger partial charge on any atom is -0.748 e. The van der Waals surface area contributed by atoms with E-state index >= 15 is 0 Å². The monoisotopic (exact) mass is 2080 g/mol. The minimum absolute atomic E-state index is 0.00838. The number of carbonyl (C=O) groups is 13. The normalized spacial score (nSPS) is 17.7. The highest BCUT2D eigenvalue weighted by Crippen LogP contribution is 2.36. The summed E-state index contributed by atoms with van der Waals surface area (Å²) in [6.45, 7) is 28.4.